The SMILES string of the molecule is CCC(=S)CC[C@](N)(NC(C)=N)C(=O)O. The standard InChI is InChI=1S/C9H17N3O2S/c1-3-7(15)4-5-9(11,8(13)14)12-6(2)10/h3-5,11H2,1-2H3,(H2,10,12)(H,13,14)/t9-/m0/s1. The van der Waals surface area contributed by atoms with Crippen LogP contribution in [-0.2, 0) is 4.79 Å². The van der Waals surface area contributed by atoms with E-state index in [0.717, 1.165) is 11.3 Å². The van der Waals surface area contributed by atoms with E-state index in [1.807, 2.05) is 6.92 Å². The molecular formula is C9H17N3O2S. The second-order valence-electron chi connectivity index (χ2n) is 3.42. The molecule has 0 unspecified atom stereocenters. The minimum atomic E-state index is -1.59. The average Bonchev–Trinajstić information content (AvgIpc) is 2.12. The van der Waals surface area contributed by atoms with Crippen LogP contribution in [0.4, 0.5) is 0 Å². The van der Waals surface area contributed by atoms with Crippen LogP contribution in [0.15, 0.2) is 0 Å². The van der Waals surface area contributed by atoms with Crippen molar-refractivity contribution in [2.45, 2.75) is 38.8 Å². The molecule has 6 heteroatoms. The van der Waals surface area contributed by atoms with Crippen LogP contribution in [0.25, 0.3) is 0 Å². The van der Waals surface area contributed by atoms with Gasteiger partial charge >= 0.3 is 5.97 Å². The molecule has 0 aliphatic rings. The molecule has 0 saturated carbocycles. The van der Waals surface area contributed by atoms with Gasteiger partial charge in [-0.15, -0.1) is 0 Å². The van der Waals surface area contributed by atoms with Gasteiger partial charge in [0.2, 0.25) is 0 Å². The molecule has 0 heterocycles. The van der Waals surface area contributed by atoms with Gasteiger partial charge in [0.15, 0.2) is 5.66 Å². The lowest BCUT2D eigenvalue weighted by Crippen LogP contribution is -2.61. The summed E-state index contributed by atoms with van der Waals surface area (Å²) in [5.74, 6) is -1.14. The molecule has 1 atom stereocenters. The van der Waals surface area contributed by atoms with Gasteiger partial charge in [0.25, 0.3) is 0 Å². The highest BCUT2D eigenvalue weighted by Gasteiger charge is 2.33. The minimum absolute atomic E-state index is 0.0299. The lowest BCUT2D eigenvalue weighted by Gasteiger charge is -2.26. The number of carboxylic acids is 1. The van der Waals surface area contributed by atoms with E-state index < -0.39 is 11.6 Å². The van der Waals surface area contributed by atoms with Gasteiger partial charge in [-0.05, 0) is 31.1 Å². The summed E-state index contributed by atoms with van der Waals surface area (Å²) in [5, 5.41) is 18.6. The van der Waals surface area contributed by atoms with Crippen LogP contribution < -0.4 is 11.1 Å². The predicted molar refractivity (Wildman–Crippen MR) is 63.2 cm³/mol. The third-order valence-corrected chi connectivity index (χ3v) is 2.48. The molecule has 86 valence electrons. The number of nitrogens with one attached hydrogen (secondary N) is 2. The van der Waals surface area contributed by atoms with Crippen molar-refractivity contribution in [2.75, 3.05) is 0 Å². The third-order valence-electron chi connectivity index (χ3n) is 1.98. The second kappa shape index (κ2) is 5.77. The first-order chi connectivity index (χ1) is 6.81. The fourth-order valence-electron chi connectivity index (χ4n) is 1.07. The van der Waals surface area contributed by atoms with Crippen LogP contribution in [0.1, 0.15) is 33.1 Å². The van der Waals surface area contributed by atoms with Crippen molar-refractivity contribution < 1.29 is 9.90 Å². The molecule has 5 N–H and O–H groups in total. The Morgan fingerprint density at radius 1 is 1.67 bits per heavy atom. The Balaban J connectivity index is 4.45. The number of amidine groups is 1. The number of carbonyl (C=O) groups is 1. The van der Waals surface area contributed by atoms with Crippen LogP contribution >= 0.6 is 12.2 Å². The molecule has 0 aliphatic heterocycles. The first-order valence-electron chi connectivity index (χ1n) is 4.69. The molecule has 0 saturated heterocycles. The van der Waals surface area contributed by atoms with Gasteiger partial charge in [0.1, 0.15) is 0 Å². The number of carboxylic acid groups (broad SMARTS) is 1. The number of aliphatic carboxylic acids is 1. The maximum absolute atomic E-state index is 10.9. The van der Waals surface area contributed by atoms with Crippen molar-refractivity contribution in [1.82, 2.24) is 5.32 Å². The van der Waals surface area contributed by atoms with Crippen molar-refractivity contribution in [2.24, 2.45) is 5.73 Å². The minimum Gasteiger partial charge on any atom is -0.478 e. The molecule has 0 aromatic heterocycles. The lowest BCUT2D eigenvalue weighted by molar-refractivity contribution is -0.144. The van der Waals surface area contributed by atoms with Crippen molar-refractivity contribution in [3.8, 4) is 0 Å². The summed E-state index contributed by atoms with van der Waals surface area (Å²) in [5.41, 5.74) is 4.04. The van der Waals surface area contributed by atoms with E-state index in [1.165, 1.54) is 6.92 Å². The lowest BCUT2D eigenvalue weighted by atomic mass is 10.0. The molecule has 0 aromatic rings. The third kappa shape index (κ3) is 4.85. The molecule has 15 heavy (non-hydrogen) atoms. The van der Waals surface area contributed by atoms with Gasteiger partial charge in [-0.3, -0.25) is 11.1 Å². The van der Waals surface area contributed by atoms with Crippen LogP contribution in [0.5, 0.6) is 0 Å². The summed E-state index contributed by atoms with van der Waals surface area (Å²) in [6.45, 7) is 3.36. The second-order valence-corrected chi connectivity index (χ2v) is 4.00. The Labute approximate surface area is 94.5 Å². The van der Waals surface area contributed by atoms with E-state index in [2.05, 4.69) is 5.32 Å². The highest BCUT2D eigenvalue weighted by atomic mass is 32.1. The smallest absolute Gasteiger partial charge is 0.344 e. The molecule has 5 nitrogen and oxygen atoms in total. The van der Waals surface area contributed by atoms with E-state index >= 15 is 0 Å². The zero-order valence-electron chi connectivity index (χ0n) is 8.96. The van der Waals surface area contributed by atoms with Gasteiger partial charge in [-0.1, -0.05) is 19.1 Å². The highest BCUT2D eigenvalue weighted by molar-refractivity contribution is 7.80. The maximum Gasteiger partial charge on any atom is 0.344 e. The summed E-state index contributed by atoms with van der Waals surface area (Å²) >= 11 is 4.99. The van der Waals surface area contributed by atoms with Crippen LogP contribution in [-0.4, -0.2) is 27.4 Å². The van der Waals surface area contributed by atoms with E-state index in [1.54, 1.807) is 0 Å². The van der Waals surface area contributed by atoms with Gasteiger partial charge < -0.3 is 10.4 Å². The fraction of sp³-hybridized carbons (Fsp3) is 0.667. The Kier molecular flexibility index (Phi) is 5.38. The summed E-state index contributed by atoms with van der Waals surface area (Å²) < 4.78 is 0. The van der Waals surface area contributed by atoms with E-state index in [0.29, 0.717) is 6.42 Å². The van der Waals surface area contributed by atoms with Crippen LogP contribution in [0.3, 0.4) is 0 Å². The van der Waals surface area contributed by atoms with E-state index in [9.17, 15) is 4.79 Å². The first kappa shape index (κ1) is 14.0. The number of nitrogens with two attached hydrogens (primary N) is 1. The van der Waals surface area contributed by atoms with Crippen molar-refractivity contribution in [1.29, 1.82) is 5.41 Å². The Hall–Kier alpha value is -1.01. The Morgan fingerprint density at radius 2 is 2.20 bits per heavy atom. The van der Waals surface area contributed by atoms with Crippen molar-refractivity contribution in [3.05, 3.63) is 0 Å². The molecule has 0 radical (unpaired) electrons. The first-order valence-corrected chi connectivity index (χ1v) is 5.10. The van der Waals surface area contributed by atoms with Gasteiger partial charge in [0.05, 0.1) is 5.84 Å². The topological polar surface area (TPSA) is 99.2 Å². The molecule has 0 spiro atoms. The molecule has 0 rings (SSSR count). The zero-order valence-corrected chi connectivity index (χ0v) is 9.78. The number of rotatable bonds is 6. The van der Waals surface area contributed by atoms with Gasteiger partial charge in [-0.2, -0.15) is 0 Å². The molecule has 0 aromatic carbocycles. The van der Waals surface area contributed by atoms with E-state index in [-0.39, 0.29) is 12.3 Å². The summed E-state index contributed by atoms with van der Waals surface area (Å²) in [6.07, 6.45) is 1.38. The van der Waals surface area contributed by atoms with Crippen molar-refractivity contribution >= 4 is 28.9 Å². The summed E-state index contributed by atoms with van der Waals surface area (Å²) in [6, 6.07) is 0. The number of thiocarbonyl (C=S) groups is 1. The molecule has 0 aliphatic carbocycles. The summed E-state index contributed by atoms with van der Waals surface area (Å²) in [7, 11) is 0. The maximum atomic E-state index is 10.9. The predicted octanol–water partition coefficient (Wildman–Crippen LogP) is 0.873. The fourth-order valence-corrected chi connectivity index (χ4v) is 1.17. The summed E-state index contributed by atoms with van der Waals surface area (Å²) in [4.78, 5) is 11.7. The average molecular weight is 231 g/mol. The molecular weight excluding hydrogens is 214 g/mol. The molecule has 0 bridgehead atoms. The van der Waals surface area contributed by atoms with Gasteiger partial charge in [-0.25, -0.2) is 4.79 Å². The quantitative estimate of drug-likeness (QED) is 0.235. The van der Waals surface area contributed by atoms with Crippen LogP contribution in [0.2, 0.25) is 0 Å². The van der Waals surface area contributed by atoms with E-state index in [4.69, 9.17) is 28.5 Å². The monoisotopic (exact) mass is 231 g/mol. The molecule has 0 fully saturated rings. The highest BCUT2D eigenvalue weighted by Crippen LogP contribution is 2.09. The zero-order chi connectivity index (χ0) is 12.1. The van der Waals surface area contributed by atoms with Crippen LogP contribution in [0, 0.1) is 5.41 Å². The molecule has 0 amide bonds. The van der Waals surface area contributed by atoms with Crippen molar-refractivity contribution in [3.63, 3.8) is 0 Å². The Morgan fingerprint density at radius 3 is 2.53 bits per heavy atom. The largest absolute Gasteiger partial charge is 0.478 e. The normalized spacial score (nSPS) is 14.1. The van der Waals surface area contributed by atoms with Gasteiger partial charge in [0, 0.05) is 0 Å². The number of hydrogen-bond acceptors (Lipinski definition) is 4. The number of hydrogen-bond donors (Lipinski definition) is 4. The Bertz CT molecular complexity index is 281.